The zero-order valence-corrected chi connectivity index (χ0v) is 36.5. The number of anilines is 4. The van der Waals surface area contributed by atoms with E-state index in [9.17, 15) is 0 Å². The number of aromatic nitrogens is 1. The molecular weight excluding hydrogens is 806 g/mol. The van der Waals surface area contributed by atoms with Crippen LogP contribution in [-0.4, -0.2) is 4.57 Å². The summed E-state index contributed by atoms with van der Waals surface area (Å²) in [6.07, 6.45) is 4.09. The Bertz CT molecular complexity index is 3610. The molecule has 306 valence electrons. The molecule has 3 nitrogen and oxygen atoms in total. The number of rotatable bonds is 7. The zero-order chi connectivity index (χ0) is 43.2. The van der Waals surface area contributed by atoms with Crippen LogP contribution in [0.1, 0.15) is 22.3 Å². The summed E-state index contributed by atoms with van der Waals surface area (Å²) in [7, 11) is -1.01. The second-order valence-corrected chi connectivity index (χ2v) is 18.9. The average Bonchev–Trinajstić information content (AvgIpc) is 4.08. The highest BCUT2D eigenvalue weighted by molar-refractivity contribution is 7.70. The Balaban J connectivity index is 1.04. The molecule has 0 N–H and O–H groups in total. The Labute approximate surface area is 380 Å². The molecule has 2 aliphatic carbocycles. The second kappa shape index (κ2) is 14.5. The first-order valence-corrected chi connectivity index (χ1v) is 23.5. The van der Waals surface area contributed by atoms with Crippen LogP contribution in [0.4, 0.5) is 22.7 Å². The van der Waals surface area contributed by atoms with Gasteiger partial charge in [-0.3, -0.25) is 9.34 Å². The highest BCUT2D eigenvalue weighted by atomic mass is 31.1. The van der Waals surface area contributed by atoms with Crippen molar-refractivity contribution in [1.82, 2.24) is 4.57 Å². The van der Waals surface area contributed by atoms with E-state index in [2.05, 4.69) is 252 Å². The van der Waals surface area contributed by atoms with Crippen LogP contribution in [0, 0.1) is 0 Å². The number of hydrogen-bond donors (Lipinski definition) is 0. The van der Waals surface area contributed by atoms with Gasteiger partial charge in [-0.05, 0) is 105 Å². The van der Waals surface area contributed by atoms with Crippen molar-refractivity contribution >= 4 is 63.7 Å². The van der Waals surface area contributed by atoms with Crippen LogP contribution in [0.5, 0.6) is 0 Å². The largest absolute Gasteiger partial charge is 0.309 e. The predicted molar refractivity (Wildman–Crippen MR) is 275 cm³/mol. The molecule has 1 aliphatic heterocycles. The summed E-state index contributed by atoms with van der Waals surface area (Å²) >= 11 is 0. The molecule has 9 aromatic carbocycles. The maximum Gasteiger partial charge on any atom is 0.138 e. The SMILES string of the molecule is C=CC1=C(C=C)C2(c3ccccc31)c1ccccc1-c1c2ccc2c3ccccc3n(-c3cccc(-c4ccc5c(c4)N(c4ccccc4)P(c4ccccc4)N5c4ccccc4)c3)c12. The summed E-state index contributed by atoms with van der Waals surface area (Å²) in [6.45, 7) is 8.79. The van der Waals surface area contributed by atoms with Crippen LogP contribution < -0.4 is 14.6 Å². The van der Waals surface area contributed by atoms with Crippen molar-refractivity contribution in [3.8, 4) is 27.9 Å². The molecule has 1 aromatic heterocycles. The highest BCUT2D eigenvalue weighted by Gasteiger charge is 2.52. The molecule has 0 bridgehead atoms. The highest BCUT2D eigenvalue weighted by Crippen LogP contribution is 2.66. The van der Waals surface area contributed by atoms with E-state index < -0.39 is 13.6 Å². The molecule has 0 saturated carbocycles. The molecule has 0 fully saturated rings. The minimum absolute atomic E-state index is 0.521. The number of allylic oxidation sites excluding steroid dienone is 4. The van der Waals surface area contributed by atoms with Gasteiger partial charge in [0.2, 0.25) is 0 Å². The predicted octanol–water partition coefficient (Wildman–Crippen LogP) is 15.8. The van der Waals surface area contributed by atoms with E-state index in [1.807, 2.05) is 6.08 Å². The van der Waals surface area contributed by atoms with Crippen LogP contribution in [0.15, 0.2) is 249 Å². The quantitative estimate of drug-likeness (QED) is 0.148. The third kappa shape index (κ3) is 5.22. The number of fused-ring (bicyclic) bond motifs is 12. The maximum atomic E-state index is 4.46. The van der Waals surface area contributed by atoms with E-state index in [-0.39, 0.29) is 0 Å². The first-order chi connectivity index (χ1) is 32.2. The standard InChI is InChI=1S/C61H42N3P/c1-3-47-48-29-14-17-32-53(48)61(52(47)4-2)54-33-18-15-31-51(54)59-55(61)37-36-50-49-30-16-19-34-56(49)62(60(50)59)45-26-20-21-41(39-45)42-35-38-57-58(40-42)64(44-24-10-6-11-25-44)65(46-27-12-7-13-28-46)63(57)43-22-8-5-9-23-43/h3-40H,1-2H2. The molecule has 65 heavy (non-hydrogen) atoms. The maximum absolute atomic E-state index is 4.46. The van der Waals surface area contributed by atoms with Crippen molar-refractivity contribution in [2.45, 2.75) is 5.41 Å². The van der Waals surface area contributed by atoms with E-state index in [0.717, 1.165) is 16.8 Å². The lowest BCUT2D eigenvalue weighted by Gasteiger charge is -2.32. The topological polar surface area (TPSA) is 11.4 Å². The normalized spacial score (nSPS) is 16.8. The minimum atomic E-state index is -1.01. The first kappa shape index (κ1) is 37.6. The van der Waals surface area contributed by atoms with Gasteiger partial charge in [0, 0.05) is 38.7 Å². The molecular formula is C61H42N3P. The summed E-state index contributed by atoms with van der Waals surface area (Å²) in [5, 5.41) is 3.76. The van der Waals surface area contributed by atoms with E-state index in [4.69, 9.17) is 0 Å². The van der Waals surface area contributed by atoms with Gasteiger partial charge in [0.1, 0.15) is 8.22 Å². The molecule has 13 rings (SSSR count). The summed E-state index contributed by atoms with van der Waals surface area (Å²) in [5.74, 6) is 0. The fraction of sp³-hybridized carbons (Fsp3) is 0.0164. The van der Waals surface area contributed by atoms with Crippen molar-refractivity contribution in [3.63, 3.8) is 0 Å². The molecule has 4 heteroatoms. The molecule has 3 aliphatic rings. The average molecular weight is 848 g/mol. The van der Waals surface area contributed by atoms with Gasteiger partial charge in [-0.15, -0.1) is 0 Å². The summed E-state index contributed by atoms with van der Waals surface area (Å²) in [4.78, 5) is 0. The van der Waals surface area contributed by atoms with Gasteiger partial charge in [-0.2, -0.15) is 0 Å². The molecule has 0 amide bonds. The molecule has 2 heterocycles. The monoisotopic (exact) mass is 847 g/mol. The molecule has 0 saturated heterocycles. The van der Waals surface area contributed by atoms with Crippen LogP contribution in [0.25, 0.3) is 55.3 Å². The summed E-state index contributed by atoms with van der Waals surface area (Å²) in [6, 6.07) is 80.4. The minimum Gasteiger partial charge on any atom is -0.309 e. The molecule has 10 aromatic rings. The number of para-hydroxylation sites is 3. The Morgan fingerprint density at radius 3 is 1.75 bits per heavy atom. The van der Waals surface area contributed by atoms with E-state index in [1.165, 1.54) is 94.4 Å². The number of benzene rings is 9. The van der Waals surface area contributed by atoms with Gasteiger partial charge in [0.25, 0.3) is 0 Å². The lowest BCUT2D eigenvalue weighted by atomic mass is 9.69. The molecule has 2 unspecified atom stereocenters. The smallest absolute Gasteiger partial charge is 0.138 e. The van der Waals surface area contributed by atoms with Gasteiger partial charge >= 0.3 is 0 Å². The Hall–Kier alpha value is -7.97. The Morgan fingerprint density at radius 1 is 0.431 bits per heavy atom. The van der Waals surface area contributed by atoms with Gasteiger partial charge in [-0.1, -0.05) is 189 Å². The lowest BCUT2D eigenvalue weighted by Crippen LogP contribution is -2.26. The first-order valence-electron chi connectivity index (χ1n) is 22.3. The van der Waals surface area contributed by atoms with Crippen molar-refractivity contribution in [1.29, 1.82) is 0 Å². The fourth-order valence-electron chi connectivity index (χ4n) is 11.3. The summed E-state index contributed by atoms with van der Waals surface area (Å²) in [5.41, 5.74) is 20.0. The third-order valence-electron chi connectivity index (χ3n) is 13.8. The second-order valence-electron chi connectivity index (χ2n) is 17.0. The molecule has 2 atom stereocenters. The van der Waals surface area contributed by atoms with E-state index >= 15 is 0 Å². The van der Waals surface area contributed by atoms with Crippen LogP contribution >= 0.6 is 8.22 Å². The third-order valence-corrected chi connectivity index (χ3v) is 16.2. The Kier molecular flexibility index (Phi) is 8.40. The van der Waals surface area contributed by atoms with Gasteiger partial charge in [-0.25, -0.2) is 0 Å². The number of hydrogen-bond acceptors (Lipinski definition) is 2. The van der Waals surface area contributed by atoms with Gasteiger partial charge < -0.3 is 4.57 Å². The van der Waals surface area contributed by atoms with E-state index in [0.29, 0.717) is 0 Å². The van der Waals surface area contributed by atoms with Crippen molar-refractivity contribution in [3.05, 3.63) is 272 Å². The van der Waals surface area contributed by atoms with Crippen molar-refractivity contribution in [2.75, 3.05) is 9.34 Å². The van der Waals surface area contributed by atoms with Crippen LogP contribution in [0.2, 0.25) is 0 Å². The fourth-order valence-corrected chi connectivity index (χ4v) is 13.8. The van der Waals surface area contributed by atoms with Crippen LogP contribution in [0.3, 0.4) is 0 Å². The van der Waals surface area contributed by atoms with Gasteiger partial charge in [0.05, 0.1) is 27.8 Å². The number of nitrogens with zero attached hydrogens (tertiary/aromatic N) is 3. The summed E-state index contributed by atoms with van der Waals surface area (Å²) < 4.78 is 7.63. The zero-order valence-electron chi connectivity index (χ0n) is 35.6. The van der Waals surface area contributed by atoms with Crippen molar-refractivity contribution in [2.24, 2.45) is 0 Å². The van der Waals surface area contributed by atoms with Gasteiger partial charge in [0.15, 0.2) is 0 Å². The Morgan fingerprint density at radius 2 is 1.03 bits per heavy atom. The lowest BCUT2D eigenvalue weighted by molar-refractivity contribution is 0.787. The van der Waals surface area contributed by atoms with E-state index in [1.54, 1.807) is 0 Å². The van der Waals surface area contributed by atoms with Crippen LogP contribution in [-0.2, 0) is 5.41 Å². The molecule has 1 spiro atoms. The van der Waals surface area contributed by atoms with Crippen molar-refractivity contribution < 1.29 is 0 Å². The molecule has 0 radical (unpaired) electrons.